The summed E-state index contributed by atoms with van der Waals surface area (Å²) in [6.45, 7) is 5.45. The van der Waals surface area contributed by atoms with E-state index in [0.717, 1.165) is 43.0 Å². The van der Waals surface area contributed by atoms with Crippen LogP contribution < -0.4 is 10.2 Å². The molecule has 1 N–H and O–H groups in total. The van der Waals surface area contributed by atoms with E-state index in [1.807, 2.05) is 31.6 Å². The number of hydrogen-bond donors (Lipinski definition) is 1. The molecule has 5 rings (SSSR count). The molecule has 0 aliphatic carbocycles. The highest BCUT2D eigenvalue weighted by Gasteiger charge is 2.17. The van der Waals surface area contributed by atoms with Crippen LogP contribution in [0.15, 0.2) is 65.9 Å². The van der Waals surface area contributed by atoms with Crippen LogP contribution in [-0.4, -0.2) is 35.9 Å². The van der Waals surface area contributed by atoms with Gasteiger partial charge in [0.25, 0.3) is 0 Å². The molecule has 2 aliphatic heterocycles. The van der Waals surface area contributed by atoms with Gasteiger partial charge in [-0.25, -0.2) is 0 Å². The van der Waals surface area contributed by atoms with E-state index >= 15 is 0 Å². The fourth-order valence-corrected chi connectivity index (χ4v) is 4.07. The van der Waals surface area contributed by atoms with Crippen LogP contribution in [0.5, 0.6) is 0 Å². The zero-order valence-corrected chi connectivity index (χ0v) is 17.2. The van der Waals surface area contributed by atoms with Gasteiger partial charge in [-0.05, 0) is 60.9 Å². The fourth-order valence-electron chi connectivity index (χ4n) is 4.07. The fraction of sp³-hybridized carbons (Fsp3) is 0.240. The normalized spacial score (nSPS) is 15.6. The topological polar surface area (TPSA) is 53.4 Å². The van der Waals surface area contributed by atoms with Gasteiger partial charge >= 0.3 is 0 Å². The van der Waals surface area contributed by atoms with Gasteiger partial charge in [-0.2, -0.15) is 0 Å². The quantitative estimate of drug-likeness (QED) is 0.718. The lowest BCUT2D eigenvalue weighted by molar-refractivity contribution is 0.738. The largest absolute Gasteiger partial charge is 0.347 e. The molecule has 4 heterocycles. The highest BCUT2D eigenvalue weighted by Crippen LogP contribution is 2.30. The number of nitrogens with one attached hydrogen (secondary N) is 1. The Hall–Kier alpha value is -3.31. The van der Waals surface area contributed by atoms with Crippen LogP contribution in [0.3, 0.4) is 0 Å². The molecule has 5 heteroatoms. The molecule has 2 aliphatic rings. The summed E-state index contributed by atoms with van der Waals surface area (Å²) in [5.74, 6) is 0. The van der Waals surface area contributed by atoms with Gasteiger partial charge in [-0.1, -0.05) is 24.3 Å². The third kappa shape index (κ3) is 3.89. The van der Waals surface area contributed by atoms with E-state index < -0.39 is 0 Å². The van der Waals surface area contributed by atoms with Crippen LogP contribution in [0.1, 0.15) is 28.8 Å². The minimum absolute atomic E-state index is 0.669. The number of fused-ring (bicyclic) bond motifs is 1. The highest BCUT2D eigenvalue weighted by molar-refractivity contribution is 5.91. The lowest BCUT2D eigenvalue weighted by atomic mass is 9.97. The second kappa shape index (κ2) is 8.20. The molecule has 0 amide bonds. The van der Waals surface area contributed by atoms with Crippen molar-refractivity contribution in [3.63, 3.8) is 0 Å². The SMILES string of the molecule is Cc1cc(-c2ccc(CN3CN=Cc4ccc(C5=CCNCC5)cc43)cn2)ccn1. The number of rotatable bonds is 4. The first-order valence-corrected chi connectivity index (χ1v) is 10.4. The summed E-state index contributed by atoms with van der Waals surface area (Å²) >= 11 is 0. The number of pyridine rings is 2. The van der Waals surface area contributed by atoms with Crippen LogP contribution in [0.4, 0.5) is 5.69 Å². The molecular formula is C25H25N5. The van der Waals surface area contributed by atoms with Crippen LogP contribution in [0.2, 0.25) is 0 Å². The van der Waals surface area contributed by atoms with Crippen LogP contribution in [-0.2, 0) is 6.54 Å². The number of aliphatic imine (C=N–C) groups is 1. The monoisotopic (exact) mass is 395 g/mol. The number of aryl methyl sites for hydroxylation is 1. The van der Waals surface area contributed by atoms with E-state index in [4.69, 9.17) is 4.98 Å². The Morgan fingerprint density at radius 3 is 2.80 bits per heavy atom. The predicted octanol–water partition coefficient (Wildman–Crippen LogP) is 4.23. The summed E-state index contributed by atoms with van der Waals surface area (Å²) in [6, 6.07) is 15.0. The number of anilines is 1. The molecule has 0 saturated carbocycles. The van der Waals surface area contributed by atoms with Gasteiger partial charge in [0.1, 0.15) is 6.67 Å². The zero-order chi connectivity index (χ0) is 20.3. The van der Waals surface area contributed by atoms with E-state index in [-0.39, 0.29) is 0 Å². The molecule has 5 nitrogen and oxygen atoms in total. The van der Waals surface area contributed by atoms with Gasteiger partial charge in [0.2, 0.25) is 0 Å². The first kappa shape index (κ1) is 18.7. The van der Waals surface area contributed by atoms with Gasteiger partial charge in [0, 0.05) is 54.2 Å². The molecule has 0 bridgehead atoms. The van der Waals surface area contributed by atoms with Crippen molar-refractivity contribution in [3.8, 4) is 11.3 Å². The summed E-state index contributed by atoms with van der Waals surface area (Å²) < 4.78 is 0. The number of benzene rings is 1. The van der Waals surface area contributed by atoms with Crippen molar-refractivity contribution < 1.29 is 0 Å². The lowest BCUT2D eigenvalue weighted by Gasteiger charge is -2.28. The van der Waals surface area contributed by atoms with Gasteiger partial charge < -0.3 is 10.2 Å². The molecule has 3 aromatic rings. The standard InChI is InChI=1S/C25H25N5/c1-18-12-22(8-11-28-18)24-5-2-19(14-29-24)16-30-17-27-15-23-4-3-21(13-25(23)30)20-6-9-26-10-7-20/h2-6,8,11-15,26H,7,9-10,16-17H2,1H3. The molecule has 0 spiro atoms. The maximum atomic E-state index is 4.69. The Morgan fingerprint density at radius 2 is 2.00 bits per heavy atom. The molecular weight excluding hydrogens is 370 g/mol. The van der Waals surface area contributed by atoms with Crippen LogP contribution in [0.25, 0.3) is 16.8 Å². The molecule has 30 heavy (non-hydrogen) atoms. The first-order chi connectivity index (χ1) is 14.8. The third-order valence-corrected chi connectivity index (χ3v) is 5.68. The smallest absolute Gasteiger partial charge is 0.110 e. The minimum atomic E-state index is 0.669. The molecule has 1 aromatic carbocycles. The second-order valence-corrected chi connectivity index (χ2v) is 7.85. The summed E-state index contributed by atoms with van der Waals surface area (Å²) in [5, 5.41) is 3.39. The highest BCUT2D eigenvalue weighted by atomic mass is 15.2. The third-order valence-electron chi connectivity index (χ3n) is 5.68. The molecule has 0 radical (unpaired) electrons. The second-order valence-electron chi connectivity index (χ2n) is 7.85. The maximum Gasteiger partial charge on any atom is 0.110 e. The Balaban J connectivity index is 1.38. The predicted molar refractivity (Wildman–Crippen MR) is 123 cm³/mol. The average Bonchev–Trinajstić information content (AvgIpc) is 2.80. The van der Waals surface area contributed by atoms with Gasteiger partial charge in [-0.15, -0.1) is 0 Å². The first-order valence-electron chi connectivity index (χ1n) is 10.4. The van der Waals surface area contributed by atoms with Crippen molar-refractivity contribution in [1.82, 2.24) is 15.3 Å². The summed E-state index contributed by atoms with van der Waals surface area (Å²) in [7, 11) is 0. The molecule has 0 unspecified atom stereocenters. The van der Waals surface area contributed by atoms with Crippen molar-refractivity contribution in [2.24, 2.45) is 4.99 Å². The van der Waals surface area contributed by atoms with Crippen molar-refractivity contribution >= 4 is 17.5 Å². The maximum absolute atomic E-state index is 4.69. The van der Waals surface area contributed by atoms with Crippen molar-refractivity contribution in [3.05, 3.63) is 83.3 Å². The van der Waals surface area contributed by atoms with Crippen molar-refractivity contribution in [2.45, 2.75) is 19.9 Å². The molecule has 150 valence electrons. The van der Waals surface area contributed by atoms with E-state index in [9.17, 15) is 0 Å². The Labute approximate surface area is 177 Å². The Kier molecular flexibility index (Phi) is 5.11. The van der Waals surface area contributed by atoms with Gasteiger partial charge in [0.15, 0.2) is 0 Å². The van der Waals surface area contributed by atoms with Crippen molar-refractivity contribution in [2.75, 3.05) is 24.7 Å². The summed E-state index contributed by atoms with van der Waals surface area (Å²) in [5.41, 5.74) is 9.42. The van der Waals surface area contributed by atoms with Gasteiger partial charge in [0.05, 0.1) is 5.69 Å². The van der Waals surface area contributed by atoms with Crippen LogP contribution in [0, 0.1) is 6.92 Å². The molecule has 0 saturated heterocycles. The zero-order valence-electron chi connectivity index (χ0n) is 17.2. The van der Waals surface area contributed by atoms with Crippen molar-refractivity contribution in [1.29, 1.82) is 0 Å². The Morgan fingerprint density at radius 1 is 1.03 bits per heavy atom. The number of aromatic nitrogens is 2. The molecule has 0 fully saturated rings. The molecule has 0 atom stereocenters. The summed E-state index contributed by atoms with van der Waals surface area (Å²) in [6.07, 6.45) is 9.17. The van der Waals surface area contributed by atoms with Crippen LogP contribution >= 0.6 is 0 Å². The van der Waals surface area contributed by atoms with E-state index in [1.165, 1.54) is 28.0 Å². The van der Waals surface area contributed by atoms with E-state index in [0.29, 0.717) is 6.67 Å². The molecule has 2 aromatic heterocycles. The minimum Gasteiger partial charge on any atom is -0.347 e. The van der Waals surface area contributed by atoms with E-state index in [2.05, 4.69) is 62.7 Å². The lowest BCUT2D eigenvalue weighted by Crippen LogP contribution is -2.27. The van der Waals surface area contributed by atoms with E-state index in [1.54, 1.807) is 0 Å². The van der Waals surface area contributed by atoms with Gasteiger partial charge in [-0.3, -0.25) is 15.0 Å². The number of hydrogen-bond acceptors (Lipinski definition) is 5. The Bertz CT molecular complexity index is 1110. The number of nitrogens with zero attached hydrogens (tertiary/aromatic N) is 4. The average molecular weight is 396 g/mol. The summed E-state index contributed by atoms with van der Waals surface area (Å²) in [4.78, 5) is 15.8.